The van der Waals surface area contributed by atoms with Crippen LogP contribution in [0.2, 0.25) is 0 Å². The molecule has 0 radical (unpaired) electrons. The number of hydrogen-bond acceptors (Lipinski definition) is 2. The first-order valence-corrected chi connectivity index (χ1v) is 6.84. The van der Waals surface area contributed by atoms with Crippen LogP contribution >= 0.6 is 0 Å². The number of carbonyl (C=O) groups is 2. The van der Waals surface area contributed by atoms with E-state index in [2.05, 4.69) is 0 Å². The molecule has 0 aromatic carbocycles. The highest BCUT2D eigenvalue weighted by molar-refractivity contribution is 5.79. The Hall–Kier alpha value is -1.26. The number of fused-ring (bicyclic) bond motifs is 2. The molecule has 5 nitrogen and oxygen atoms in total. The number of carboxylic acids is 1. The molecule has 2 bridgehead atoms. The van der Waals surface area contributed by atoms with Gasteiger partial charge in [-0.25, -0.2) is 4.79 Å². The second kappa shape index (κ2) is 4.14. The van der Waals surface area contributed by atoms with Gasteiger partial charge in [0.05, 0.1) is 5.92 Å². The smallest absolute Gasteiger partial charge is 0.320 e. The van der Waals surface area contributed by atoms with Gasteiger partial charge in [-0.1, -0.05) is 0 Å². The van der Waals surface area contributed by atoms with Crippen molar-refractivity contribution < 1.29 is 14.7 Å². The van der Waals surface area contributed by atoms with E-state index in [0.717, 1.165) is 19.4 Å². The molecule has 3 aliphatic rings. The molecule has 3 atom stereocenters. The van der Waals surface area contributed by atoms with Crippen molar-refractivity contribution in [2.75, 3.05) is 13.6 Å². The number of aliphatic carboxylic acids is 1. The maximum atomic E-state index is 12.4. The molecule has 2 amide bonds. The van der Waals surface area contributed by atoms with Gasteiger partial charge in [-0.15, -0.1) is 0 Å². The largest absolute Gasteiger partial charge is 0.481 e. The van der Waals surface area contributed by atoms with Crippen molar-refractivity contribution in [1.82, 2.24) is 9.80 Å². The Morgan fingerprint density at radius 1 is 1.28 bits per heavy atom. The first kappa shape index (κ1) is 11.8. The SMILES string of the molecule is CN(CC1CC1)C(=O)N1C2CCC1C(C(=O)O)C2. The summed E-state index contributed by atoms with van der Waals surface area (Å²) in [6, 6.07) is 0.130. The van der Waals surface area contributed by atoms with Crippen LogP contribution in [0.1, 0.15) is 32.1 Å². The third kappa shape index (κ3) is 1.85. The number of carboxylic acid groups (broad SMARTS) is 1. The number of carbonyl (C=O) groups excluding carboxylic acids is 1. The van der Waals surface area contributed by atoms with Gasteiger partial charge in [-0.2, -0.15) is 0 Å². The zero-order valence-corrected chi connectivity index (χ0v) is 10.7. The van der Waals surface area contributed by atoms with Crippen molar-refractivity contribution in [3.05, 3.63) is 0 Å². The normalized spacial score (nSPS) is 33.8. The summed E-state index contributed by atoms with van der Waals surface area (Å²) in [5.41, 5.74) is 0. The lowest BCUT2D eigenvalue weighted by Crippen LogP contribution is -2.45. The van der Waals surface area contributed by atoms with E-state index in [0.29, 0.717) is 12.3 Å². The van der Waals surface area contributed by atoms with Crippen LogP contribution in [0.25, 0.3) is 0 Å². The lowest BCUT2D eigenvalue weighted by Gasteiger charge is -2.28. The van der Waals surface area contributed by atoms with E-state index < -0.39 is 5.97 Å². The number of nitrogens with zero attached hydrogens (tertiary/aromatic N) is 2. The highest BCUT2D eigenvalue weighted by Gasteiger charge is 2.52. The van der Waals surface area contributed by atoms with Gasteiger partial charge in [0.15, 0.2) is 0 Å². The van der Waals surface area contributed by atoms with Gasteiger partial charge in [0, 0.05) is 25.7 Å². The Balaban J connectivity index is 1.68. The summed E-state index contributed by atoms with van der Waals surface area (Å²) in [5, 5.41) is 9.18. The van der Waals surface area contributed by atoms with Gasteiger partial charge < -0.3 is 14.9 Å². The summed E-state index contributed by atoms with van der Waals surface area (Å²) in [7, 11) is 1.84. The molecule has 3 fully saturated rings. The van der Waals surface area contributed by atoms with Gasteiger partial charge in [0.25, 0.3) is 0 Å². The van der Waals surface area contributed by atoms with Gasteiger partial charge in [0.1, 0.15) is 0 Å². The van der Waals surface area contributed by atoms with Crippen molar-refractivity contribution in [2.24, 2.45) is 11.8 Å². The van der Waals surface area contributed by atoms with Crippen molar-refractivity contribution in [1.29, 1.82) is 0 Å². The summed E-state index contributed by atoms with van der Waals surface area (Å²) < 4.78 is 0. The number of urea groups is 1. The van der Waals surface area contributed by atoms with Crippen molar-refractivity contribution in [3.8, 4) is 0 Å². The van der Waals surface area contributed by atoms with Gasteiger partial charge >= 0.3 is 12.0 Å². The fourth-order valence-corrected chi connectivity index (χ4v) is 3.52. The van der Waals surface area contributed by atoms with Crippen LogP contribution in [0, 0.1) is 11.8 Å². The second-order valence-corrected chi connectivity index (χ2v) is 5.99. The number of hydrogen-bond donors (Lipinski definition) is 1. The highest BCUT2D eigenvalue weighted by atomic mass is 16.4. The fourth-order valence-electron chi connectivity index (χ4n) is 3.52. The minimum absolute atomic E-state index is 0.0400. The van der Waals surface area contributed by atoms with E-state index in [1.807, 2.05) is 11.9 Å². The maximum absolute atomic E-state index is 12.4. The molecule has 2 saturated heterocycles. The molecule has 2 heterocycles. The van der Waals surface area contributed by atoms with Crippen molar-refractivity contribution in [3.63, 3.8) is 0 Å². The van der Waals surface area contributed by atoms with Crippen LogP contribution < -0.4 is 0 Å². The van der Waals surface area contributed by atoms with Crippen LogP contribution in [-0.4, -0.2) is 52.6 Å². The summed E-state index contributed by atoms with van der Waals surface area (Å²) in [4.78, 5) is 27.2. The molecule has 100 valence electrons. The van der Waals surface area contributed by atoms with Crippen LogP contribution in [-0.2, 0) is 4.79 Å². The number of rotatable bonds is 3. The summed E-state index contributed by atoms with van der Waals surface area (Å²) in [6.45, 7) is 0.826. The first-order valence-electron chi connectivity index (χ1n) is 6.84. The predicted octanol–water partition coefficient (Wildman–Crippen LogP) is 1.39. The Morgan fingerprint density at radius 3 is 2.56 bits per heavy atom. The van der Waals surface area contributed by atoms with Crippen molar-refractivity contribution >= 4 is 12.0 Å². The molecule has 0 aromatic rings. The molecule has 0 aromatic heterocycles. The Kier molecular flexibility index (Phi) is 2.72. The third-order valence-electron chi connectivity index (χ3n) is 4.63. The standard InChI is InChI=1S/C13H20N2O3/c1-14(7-8-2-3-8)13(18)15-9-4-5-11(15)10(6-9)12(16)17/h8-11H,2-7H2,1H3,(H,16,17). The molecule has 1 saturated carbocycles. The van der Waals surface area contributed by atoms with E-state index in [1.54, 1.807) is 4.90 Å². The molecule has 3 unspecified atom stereocenters. The average molecular weight is 252 g/mol. The molecular weight excluding hydrogens is 232 g/mol. The monoisotopic (exact) mass is 252 g/mol. The first-order chi connectivity index (χ1) is 8.58. The topological polar surface area (TPSA) is 60.9 Å². The lowest BCUT2D eigenvalue weighted by atomic mass is 9.89. The van der Waals surface area contributed by atoms with E-state index in [-0.39, 0.29) is 24.0 Å². The van der Waals surface area contributed by atoms with E-state index >= 15 is 0 Å². The highest BCUT2D eigenvalue weighted by Crippen LogP contribution is 2.42. The Morgan fingerprint density at radius 2 is 2.00 bits per heavy atom. The zero-order valence-electron chi connectivity index (χ0n) is 10.7. The van der Waals surface area contributed by atoms with Crippen LogP contribution in [0.15, 0.2) is 0 Å². The Bertz CT molecular complexity index is 380. The summed E-state index contributed by atoms with van der Waals surface area (Å²) in [5.74, 6) is -0.415. The van der Waals surface area contributed by atoms with Gasteiger partial charge in [-0.3, -0.25) is 4.79 Å². The number of amides is 2. The predicted molar refractivity (Wildman–Crippen MR) is 65.1 cm³/mol. The third-order valence-corrected chi connectivity index (χ3v) is 4.63. The summed E-state index contributed by atoms with van der Waals surface area (Å²) >= 11 is 0. The average Bonchev–Trinajstić information content (AvgIpc) is 2.96. The minimum atomic E-state index is -0.746. The van der Waals surface area contributed by atoms with Crippen molar-refractivity contribution in [2.45, 2.75) is 44.2 Å². The maximum Gasteiger partial charge on any atom is 0.320 e. The molecule has 1 N–H and O–H groups in total. The molecule has 3 rings (SSSR count). The van der Waals surface area contributed by atoms with Crippen LogP contribution in [0.4, 0.5) is 4.79 Å². The van der Waals surface area contributed by atoms with Crippen LogP contribution in [0.5, 0.6) is 0 Å². The molecule has 5 heteroatoms. The van der Waals surface area contributed by atoms with Gasteiger partial charge in [0.2, 0.25) is 0 Å². The molecule has 18 heavy (non-hydrogen) atoms. The molecular formula is C13H20N2O3. The van der Waals surface area contributed by atoms with E-state index in [4.69, 9.17) is 0 Å². The Labute approximate surface area is 107 Å². The minimum Gasteiger partial charge on any atom is -0.481 e. The quantitative estimate of drug-likeness (QED) is 0.825. The second-order valence-electron chi connectivity index (χ2n) is 5.99. The molecule has 1 aliphatic carbocycles. The molecule has 0 spiro atoms. The summed E-state index contributed by atoms with van der Waals surface area (Å²) in [6.07, 6.45) is 4.91. The van der Waals surface area contributed by atoms with E-state index in [1.165, 1.54) is 12.8 Å². The zero-order chi connectivity index (χ0) is 12.9. The lowest BCUT2D eigenvalue weighted by molar-refractivity contribution is -0.142. The molecule has 2 aliphatic heterocycles. The van der Waals surface area contributed by atoms with Crippen LogP contribution in [0.3, 0.4) is 0 Å². The van der Waals surface area contributed by atoms with E-state index in [9.17, 15) is 14.7 Å². The fraction of sp³-hybridized carbons (Fsp3) is 0.846. The van der Waals surface area contributed by atoms with Gasteiger partial charge in [-0.05, 0) is 38.0 Å².